The van der Waals surface area contributed by atoms with Crippen LogP contribution in [0.15, 0.2) is 45.4 Å². The number of sulfonamides is 1. The molecule has 2 aromatic heterocycles. The fraction of sp³-hybridized carbons (Fsp3) is 0.235. The smallest absolute Gasteiger partial charge is 0.272 e. The van der Waals surface area contributed by atoms with Crippen molar-refractivity contribution in [1.29, 1.82) is 0 Å². The van der Waals surface area contributed by atoms with Crippen LogP contribution in [0, 0.1) is 6.92 Å². The average Bonchev–Trinajstić information content (AvgIpc) is 3.10. The molecule has 2 heterocycles. The van der Waals surface area contributed by atoms with Crippen LogP contribution < -0.4 is 15.8 Å². The van der Waals surface area contributed by atoms with Gasteiger partial charge in [-0.25, -0.2) is 13.1 Å². The summed E-state index contributed by atoms with van der Waals surface area (Å²) < 4.78 is 25.9. The number of aryl methyl sites for hydroxylation is 2. The lowest BCUT2D eigenvalue weighted by Crippen LogP contribution is -2.42. The fourth-order valence-electron chi connectivity index (χ4n) is 2.55. The van der Waals surface area contributed by atoms with Gasteiger partial charge in [0.2, 0.25) is 0 Å². The van der Waals surface area contributed by atoms with E-state index in [1.807, 2.05) is 6.92 Å². The molecule has 0 saturated heterocycles. The minimum atomic E-state index is -3.88. The monoisotopic (exact) mass is 406 g/mol. The summed E-state index contributed by atoms with van der Waals surface area (Å²) in [6, 6.07) is 9.74. The molecule has 0 unspecified atom stereocenters. The van der Waals surface area contributed by atoms with Gasteiger partial charge in [-0.2, -0.15) is 5.10 Å². The number of hydrogen-bond acceptors (Lipinski definition) is 6. The van der Waals surface area contributed by atoms with Gasteiger partial charge in [0.25, 0.3) is 21.5 Å². The number of fused-ring (bicyclic) bond motifs is 1. The molecule has 142 valence electrons. The summed E-state index contributed by atoms with van der Waals surface area (Å²) in [5.41, 5.74) is 1.86. The highest BCUT2D eigenvalue weighted by molar-refractivity contribution is 7.91. The maximum Gasteiger partial charge on any atom is 0.287 e. The highest BCUT2D eigenvalue weighted by atomic mass is 32.2. The normalized spacial score (nSPS) is 11.6. The Morgan fingerprint density at radius 2 is 1.89 bits per heavy atom. The van der Waals surface area contributed by atoms with Gasteiger partial charge in [0.1, 0.15) is 4.21 Å². The molecule has 27 heavy (non-hydrogen) atoms. The lowest BCUT2D eigenvalue weighted by molar-refractivity contribution is 0.0939. The van der Waals surface area contributed by atoms with Crippen molar-refractivity contribution in [2.45, 2.75) is 31.0 Å². The van der Waals surface area contributed by atoms with Gasteiger partial charge in [-0.1, -0.05) is 25.1 Å². The Bertz CT molecular complexity index is 1170. The van der Waals surface area contributed by atoms with Crippen molar-refractivity contribution in [2.24, 2.45) is 0 Å². The van der Waals surface area contributed by atoms with Gasteiger partial charge in [0.05, 0.1) is 5.39 Å². The molecule has 1 amide bonds. The number of amides is 1. The largest absolute Gasteiger partial charge is 0.287 e. The van der Waals surface area contributed by atoms with Crippen molar-refractivity contribution < 1.29 is 13.2 Å². The number of thiophene rings is 1. The number of aromatic nitrogens is 2. The van der Waals surface area contributed by atoms with E-state index in [0.717, 1.165) is 16.2 Å². The Morgan fingerprint density at radius 1 is 1.19 bits per heavy atom. The third kappa shape index (κ3) is 3.92. The van der Waals surface area contributed by atoms with Crippen LogP contribution >= 0.6 is 11.3 Å². The predicted octanol–water partition coefficient (Wildman–Crippen LogP) is 1.80. The topological polar surface area (TPSA) is 110 Å². The third-order valence-electron chi connectivity index (χ3n) is 3.80. The molecule has 0 aliphatic carbocycles. The molecular weight excluding hydrogens is 388 g/mol. The van der Waals surface area contributed by atoms with Crippen molar-refractivity contribution in [3.8, 4) is 0 Å². The van der Waals surface area contributed by atoms with E-state index in [4.69, 9.17) is 0 Å². The number of nitrogens with one attached hydrogen (secondary N) is 2. The number of hydrazine groups is 1. The van der Waals surface area contributed by atoms with Gasteiger partial charge in [-0.05, 0) is 31.5 Å². The molecule has 3 aromatic rings. The third-order valence-corrected chi connectivity index (χ3v) is 6.54. The minimum Gasteiger partial charge on any atom is -0.272 e. The van der Waals surface area contributed by atoms with Crippen LogP contribution in [-0.2, 0) is 16.6 Å². The summed E-state index contributed by atoms with van der Waals surface area (Å²) in [6.07, 6.45) is 0.663. The Hall–Kier alpha value is -2.56. The van der Waals surface area contributed by atoms with Crippen molar-refractivity contribution >= 4 is 38.0 Å². The van der Waals surface area contributed by atoms with Gasteiger partial charge in [0.15, 0.2) is 5.69 Å². The second-order valence-corrected chi connectivity index (χ2v) is 9.04. The average molecular weight is 406 g/mol. The summed E-state index contributed by atoms with van der Waals surface area (Å²) in [4.78, 5) is 28.0. The maximum atomic E-state index is 12.6. The van der Waals surface area contributed by atoms with Crippen molar-refractivity contribution in [3.05, 3.63) is 57.3 Å². The van der Waals surface area contributed by atoms with Crippen LogP contribution in [-0.4, -0.2) is 24.1 Å². The van der Waals surface area contributed by atoms with E-state index < -0.39 is 15.9 Å². The van der Waals surface area contributed by atoms with Crippen LogP contribution in [0.4, 0.5) is 0 Å². The lowest BCUT2D eigenvalue weighted by Gasteiger charge is -2.11. The van der Waals surface area contributed by atoms with E-state index in [9.17, 15) is 18.0 Å². The minimum absolute atomic E-state index is 0.0243. The molecule has 0 atom stereocenters. The molecule has 1 aromatic carbocycles. The van der Waals surface area contributed by atoms with Gasteiger partial charge < -0.3 is 0 Å². The molecule has 0 radical (unpaired) electrons. The lowest BCUT2D eigenvalue weighted by atomic mass is 10.1. The van der Waals surface area contributed by atoms with E-state index in [-0.39, 0.29) is 15.5 Å². The summed E-state index contributed by atoms with van der Waals surface area (Å²) in [7, 11) is -3.88. The zero-order valence-corrected chi connectivity index (χ0v) is 16.4. The fourth-order valence-corrected chi connectivity index (χ4v) is 4.67. The number of nitrogens with zero attached hydrogens (tertiary/aromatic N) is 2. The molecule has 8 nitrogen and oxygen atoms in total. The van der Waals surface area contributed by atoms with E-state index in [1.165, 1.54) is 10.7 Å². The van der Waals surface area contributed by atoms with Crippen LogP contribution in [0.25, 0.3) is 10.8 Å². The van der Waals surface area contributed by atoms with E-state index in [0.29, 0.717) is 23.7 Å². The molecule has 10 heteroatoms. The SMILES string of the molecule is CCCn1nc(C(=O)NNS(=O)(=O)c2ccc(C)s2)c2ccccc2c1=O. The van der Waals surface area contributed by atoms with Gasteiger partial charge in [0, 0.05) is 16.8 Å². The van der Waals surface area contributed by atoms with Crippen LogP contribution in [0.5, 0.6) is 0 Å². The first-order valence-electron chi connectivity index (χ1n) is 8.22. The predicted molar refractivity (Wildman–Crippen MR) is 103 cm³/mol. The second kappa shape index (κ2) is 7.59. The van der Waals surface area contributed by atoms with Gasteiger partial charge >= 0.3 is 0 Å². The highest BCUT2D eigenvalue weighted by Gasteiger charge is 2.20. The van der Waals surface area contributed by atoms with E-state index in [1.54, 1.807) is 37.3 Å². The Labute approximate surface area is 159 Å². The van der Waals surface area contributed by atoms with Crippen molar-refractivity contribution in [1.82, 2.24) is 20.0 Å². The first-order chi connectivity index (χ1) is 12.8. The molecule has 0 fully saturated rings. The maximum absolute atomic E-state index is 12.6. The van der Waals surface area contributed by atoms with Crippen molar-refractivity contribution in [2.75, 3.05) is 0 Å². The molecule has 0 aliphatic heterocycles. The standard InChI is InChI=1S/C17H18N4O4S2/c1-3-10-21-17(23)13-7-5-4-6-12(13)15(19-21)16(22)18-20-27(24,25)14-9-8-11(2)26-14/h4-9,20H,3,10H2,1-2H3,(H,18,22). The molecule has 0 saturated carbocycles. The summed E-state index contributed by atoms with van der Waals surface area (Å²) in [5.74, 6) is -0.743. The molecule has 3 rings (SSSR count). The molecule has 0 spiro atoms. The Morgan fingerprint density at radius 3 is 2.52 bits per heavy atom. The number of benzene rings is 1. The summed E-state index contributed by atoms with van der Waals surface area (Å²) >= 11 is 1.09. The molecule has 0 aliphatic rings. The van der Waals surface area contributed by atoms with E-state index >= 15 is 0 Å². The van der Waals surface area contributed by atoms with Gasteiger partial charge in [-0.15, -0.1) is 16.2 Å². The Balaban J connectivity index is 1.94. The molecule has 0 bridgehead atoms. The first kappa shape index (κ1) is 19.2. The molecule has 2 N–H and O–H groups in total. The first-order valence-corrected chi connectivity index (χ1v) is 10.5. The highest BCUT2D eigenvalue weighted by Crippen LogP contribution is 2.20. The molecular formula is C17H18N4O4S2. The second-order valence-electron chi connectivity index (χ2n) is 5.85. The Kier molecular flexibility index (Phi) is 5.40. The van der Waals surface area contributed by atoms with Crippen LogP contribution in [0.1, 0.15) is 28.7 Å². The number of rotatable bonds is 6. The number of hydrogen-bond donors (Lipinski definition) is 2. The summed E-state index contributed by atoms with van der Waals surface area (Å²) in [6.45, 7) is 4.03. The van der Waals surface area contributed by atoms with Crippen LogP contribution in [0.2, 0.25) is 0 Å². The zero-order valence-electron chi connectivity index (χ0n) is 14.7. The van der Waals surface area contributed by atoms with Crippen molar-refractivity contribution in [3.63, 3.8) is 0 Å². The summed E-state index contributed by atoms with van der Waals surface area (Å²) in [5, 5.41) is 4.84. The van der Waals surface area contributed by atoms with Gasteiger partial charge in [-0.3, -0.25) is 15.0 Å². The zero-order chi connectivity index (χ0) is 19.6. The number of carbonyl (C=O) groups is 1. The van der Waals surface area contributed by atoms with Crippen LogP contribution in [0.3, 0.4) is 0 Å². The quantitative estimate of drug-likeness (QED) is 0.607. The van der Waals surface area contributed by atoms with E-state index in [2.05, 4.69) is 15.4 Å². The number of carbonyl (C=O) groups excluding carboxylic acids is 1.